The molecule has 0 bridgehead atoms. The van der Waals surface area contributed by atoms with E-state index < -0.39 is 33.5 Å². The zero-order valence-electron chi connectivity index (χ0n) is 13.9. The highest BCUT2D eigenvalue weighted by Crippen LogP contribution is 2.28. The van der Waals surface area contributed by atoms with Crippen LogP contribution in [0.15, 0.2) is 29.3 Å². The molecule has 26 heavy (non-hydrogen) atoms. The third-order valence-electron chi connectivity index (χ3n) is 4.24. The first kappa shape index (κ1) is 18.5. The molecule has 0 saturated carbocycles. The number of carbonyl (C=O) groups is 1. The average Bonchev–Trinajstić information content (AvgIpc) is 2.86. The van der Waals surface area contributed by atoms with E-state index in [0.717, 1.165) is 12.1 Å². The van der Waals surface area contributed by atoms with Crippen LogP contribution in [0.25, 0.3) is 0 Å². The van der Waals surface area contributed by atoms with Crippen molar-refractivity contribution in [3.05, 3.63) is 47.3 Å². The van der Waals surface area contributed by atoms with E-state index in [2.05, 4.69) is 10.0 Å². The molecule has 0 saturated heterocycles. The van der Waals surface area contributed by atoms with Crippen LogP contribution < -0.4 is 10.0 Å². The summed E-state index contributed by atoms with van der Waals surface area (Å²) < 4.78 is 51.2. The van der Waals surface area contributed by atoms with Crippen molar-refractivity contribution in [3.63, 3.8) is 0 Å². The van der Waals surface area contributed by atoms with Crippen LogP contribution in [0.2, 0.25) is 0 Å². The second-order valence-electron chi connectivity index (χ2n) is 6.11. The van der Waals surface area contributed by atoms with E-state index in [1.807, 2.05) is 0 Å². The van der Waals surface area contributed by atoms with E-state index in [4.69, 9.17) is 4.78 Å². The Morgan fingerprint density at radius 3 is 2.85 bits per heavy atom. The summed E-state index contributed by atoms with van der Waals surface area (Å²) in [6.07, 6.45) is 2.18. The summed E-state index contributed by atoms with van der Waals surface area (Å²) in [5, 5.41) is 11.8. The minimum absolute atomic E-state index is 0.0791. The van der Waals surface area contributed by atoms with Gasteiger partial charge in [-0.2, -0.15) is 0 Å². The van der Waals surface area contributed by atoms with Gasteiger partial charge in [0, 0.05) is 36.6 Å². The quantitative estimate of drug-likeness (QED) is 0.648. The predicted molar refractivity (Wildman–Crippen MR) is 91.2 cm³/mol. The first-order valence-corrected chi connectivity index (χ1v) is 9.40. The van der Waals surface area contributed by atoms with E-state index in [0.29, 0.717) is 18.4 Å². The van der Waals surface area contributed by atoms with Crippen LogP contribution in [-0.4, -0.2) is 32.4 Å². The monoisotopic (exact) mass is 384 g/mol. The lowest BCUT2D eigenvalue weighted by Crippen LogP contribution is -2.35. The second-order valence-corrected chi connectivity index (χ2v) is 7.89. The number of aliphatic hydroxyl groups is 1. The Labute approximate surface area is 149 Å². The van der Waals surface area contributed by atoms with Gasteiger partial charge in [0.1, 0.15) is 15.6 Å². The summed E-state index contributed by atoms with van der Waals surface area (Å²) in [4.78, 5) is 12.9. The molecule has 1 unspecified atom stereocenters. The largest absolute Gasteiger partial charge is 0.395 e. The van der Waals surface area contributed by atoms with Crippen molar-refractivity contribution in [2.24, 2.45) is 7.05 Å². The molecule has 3 rings (SSSR count). The number of amides is 1. The summed E-state index contributed by atoms with van der Waals surface area (Å²) in [6.45, 7) is -0.275. The maximum absolute atomic E-state index is 13.3. The Morgan fingerprint density at radius 1 is 1.46 bits per heavy atom. The van der Waals surface area contributed by atoms with Gasteiger partial charge in [0.2, 0.25) is 0 Å². The molecule has 2 aromatic rings. The van der Waals surface area contributed by atoms with Crippen molar-refractivity contribution >= 4 is 21.5 Å². The van der Waals surface area contributed by atoms with E-state index >= 15 is 0 Å². The Morgan fingerprint density at radius 2 is 2.19 bits per heavy atom. The summed E-state index contributed by atoms with van der Waals surface area (Å²) >= 11 is 0. The molecule has 1 aromatic heterocycles. The number of anilines is 1. The number of rotatable bonds is 3. The van der Waals surface area contributed by atoms with Crippen LogP contribution in [0.1, 0.15) is 22.5 Å². The summed E-state index contributed by atoms with van der Waals surface area (Å²) in [7, 11) is -1.80. The van der Waals surface area contributed by atoms with Crippen LogP contribution in [0, 0.1) is 16.4 Å². The molecule has 1 aliphatic heterocycles. The van der Waals surface area contributed by atoms with Gasteiger partial charge in [0.05, 0.1) is 11.5 Å². The van der Waals surface area contributed by atoms with Crippen LogP contribution in [0.4, 0.5) is 14.5 Å². The number of aryl methyl sites for hydroxylation is 1. The van der Waals surface area contributed by atoms with Crippen LogP contribution in [-0.2, 0) is 23.4 Å². The van der Waals surface area contributed by atoms with Crippen molar-refractivity contribution < 1.29 is 22.9 Å². The van der Waals surface area contributed by atoms with Gasteiger partial charge >= 0.3 is 0 Å². The Kier molecular flexibility index (Phi) is 4.82. The molecule has 0 aliphatic carbocycles. The van der Waals surface area contributed by atoms with Crippen molar-refractivity contribution in [3.8, 4) is 0 Å². The molecule has 1 amide bonds. The minimum atomic E-state index is -3.38. The fraction of sp³-hybridized carbons (Fsp3) is 0.312. The molecule has 140 valence electrons. The topological polar surface area (TPSA) is 107 Å². The molecule has 2 heterocycles. The first-order chi connectivity index (χ1) is 12.2. The predicted octanol–water partition coefficient (Wildman–Crippen LogP) is 1.77. The second kappa shape index (κ2) is 6.78. The molecule has 4 N–H and O–H groups in total. The molecule has 0 radical (unpaired) electrons. The number of nitrogens with one attached hydrogen (secondary N) is 3. The van der Waals surface area contributed by atoms with E-state index in [1.54, 1.807) is 7.05 Å². The third kappa shape index (κ3) is 3.35. The number of nitrogens with zero attached hydrogens (tertiary/aromatic N) is 1. The van der Waals surface area contributed by atoms with Gasteiger partial charge in [-0.05, 0) is 25.0 Å². The number of aromatic nitrogens is 1. The molecule has 1 aliphatic rings. The standard InChI is InChI=1S/C16H18F2N4O3S/c1-22-7-14-11(4-2-10(8-23)21-26(14,19)25)15(22)16(24)20-9-3-5-12(17)13(18)6-9/h3,5-7,10,23H,2,4,8H2,1H3,(H,20,24)(H2,19,21,25)/t10-,26?/m1/s1. The number of benzene rings is 1. The smallest absolute Gasteiger partial charge is 0.272 e. The highest BCUT2D eigenvalue weighted by atomic mass is 32.2. The number of fused-ring (bicyclic) bond motifs is 1. The van der Waals surface area contributed by atoms with E-state index in [-0.39, 0.29) is 22.9 Å². The molecule has 0 spiro atoms. The molecule has 0 fully saturated rings. The van der Waals surface area contributed by atoms with Gasteiger partial charge in [0.15, 0.2) is 11.6 Å². The van der Waals surface area contributed by atoms with E-state index in [9.17, 15) is 22.9 Å². The summed E-state index contributed by atoms with van der Waals surface area (Å²) in [5.74, 6) is -2.69. The lowest BCUT2D eigenvalue weighted by Gasteiger charge is -2.13. The van der Waals surface area contributed by atoms with Gasteiger partial charge in [0.25, 0.3) is 5.91 Å². The van der Waals surface area contributed by atoms with Crippen molar-refractivity contribution in [2.45, 2.75) is 23.8 Å². The minimum Gasteiger partial charge on any atom is -0.395 e. The lowest BCUT2D eigenvalue weighted by atomic mass is 10.1. The first-order valence-electron chi connectivity index (χ1n) is 7.84. The van der Waals surface area contributed by atoms with Gasteiger partial charge in [-0.3, -0.25) is 4.79 Å². The van der Waals surface area contributed by atoms with Crippen LogP contribution >= 0.6 is 0 Å². The zero-order valence-corrected chi connectivity index (χ0v) is 14.7. The van der Waals surface area contributed by atoms with Gasteiger partial charge < -0.3 is 15.0 Å². The Hall–Kier alpha value is -2.30. The lowest BCUT2D eigenvalue weighted by molar-refractivity contribution is 0.101. The fourth-order valence-corrected chi connectivity index (χ4v) is 4.64. The Bertz CT molecular complexity index is 972. The maximum Gasteiger partial charge on any atom is 0.272 e. The highest BCUT2D eigenvalue weighted by Gasteiger charge is 2.30. The normalized spacial score (nSPS) is 22.5. The number of aliphatic hydroxyl groups excluding tert-OH is 1. The van der Waals surface area contributed by atoms with Crippen LogP contribution in [0.5, 0.6) is 0 Å². The van der Waals surface area contributed by atoms with Crippen molar-refractivity contribution in [2.75, 3.05) is 11.9 Å². The van der Waals surface area contributed by atoms with Gasteiger partial charge in [-0.1, -0.05) is 0 Å². The summed E-state index contributed by atoms with van der Waals surface area (Å²) in [5.41, 5.74) is 0.705. The number of hydrogen-bond acceptors (Lipinski definition) is 4. The third-order valence-corrected chi connectivity index (χ3v) is 5.88. The highest BCUT2D eigenvalue weighted by molar-refractivity contribution is 7.90. The molecular formula is C16H18F2N4O3S. The molecule has 1 aromatic carbocycles. The van der Waals surface area contributed by atoms with Crippen LogP contribution in [0.3, 0.4) is 0 Å². The molecule has 10 heteroatoms. The van der Waals surface area contributed by atoms with Crippen molar-refractivity contribution in [1.82, 2.24) is 9.29 Å². The average molecular weight is 384 g/mol. The van der Waals surface area contributed by atoms with Crippen molar-refractivity contribution in [1.29, 1.82) is 4.78 Å². The number of hydrogen-bond donors (Lipinski definition) is 4. The van der Waals surface area contributed by atoms with E-state index in [1.165, 1.54) is 16.8 Å². The van der Waals surface area contributed by atoms with Gasteiger partial charge in [-0.15, -0.1) is 0 Å². The zero-order chi connectivity index (χ0) is 19.1. The number of carbonyl (C=O) groups excluding carboxylic acids is 1. The van der Waals surface area contributed by atoms with Gasteiger partial charge in [-0.25, -0.2) is 22.5 Å². The fourth-order valence-electron chi connectivity index (χ4n) is 3.00. The maximum atomic E-state index is 13.3. The molecular weight excluding hydrogens is 366 g/mol. The summed E-state index contributed by atoms with van der Waals surface area (Å²) in [6, 6.07) is 2.49. The number of halogens is 2. The molecule has 2 atom stereocenters. The molecule has 7 nitrogen and oxygen atoms in total. The Balaban J connectivity index is 1.98. The SMILES string of the molecule is Cn1cc2c(c1C(=O)Nc1ccc(F)c(F)c1)CC[C@H](CO)NS2(=N)=O.